The van der Waals surface area contributed by atoms with E-state index in [2.05, 4.69) is 4.98 Å². The lowest BCUT2D eigenvalue weighted by atomic mass is 9.95. The van der Waals surface area contributed by atoms with Crippen LogP contribution in [0.15, 0.2) is 72.9 Å². The third-order valence-corrected chi connectivity index (χ3v) is 5.78. The van der Waals surface area contributed by atoms with E-state index in [9.17, 15) is 14.7 Å². The number of ether oxygens (including phenoxy) is 3. The van der Waals surface area contributed by atoms with Crippen molar-refractivity contribution in [3.05, 3.63) is 84.2 Å². The van der Waals surface area contributed by atoms with Gasteiger partial charge in [-0.2, -0.15) is 0 Å². The van der Waals surface area contributed by atoms with Crippen LogP contribution in [-0.2, 0) is 16.0 Å². The predicted molar refractivity (Wildman–Crippen MR) is 132 cm³/mol. The van der Waals surface area contributed by atoms with Gasteiger partial charge in [-0.1, -0.05) is 55.5 Å². The number of benzene rings is 2. The van der Waals surface area contributed by atoms with E-state index in [1.54, 1.807) is 6.92 Å². The molecule has 35 heavy (non-hydrogen) atoms. The quantitative estimate of drug-likeness (QED) is 0.294. The zero-order valence-electron chi connectivity index (χ0n) is 20.2. The van der Waals surface area contributed by atoms with Crippen molar-refractivity contribution in [1.29, 1.82) is 0 Å². The lowest BCUT2D eigenvalue weighted by Crippen LogP contribution is -2.32. The zero-order valence-corrected chi connectivity index (χ0v) is 20.2. The van der Waals surface area contributed by atoms with Crippen molar-refractivity contribution < 1.29 is 28.9 Å². The van der Waals surface area contributed by atoms with Gasteiger partial charge in [0.2, 0.25) is 0 Å². The monoisotopic (exact) mass is 477 g/mol. The Morgan fingerprint density at radius 1 is 0.971 bits per heavy atom. The Hall–Kier alpha value is -3.87. The number of aromatic hydroxyl groups is 1. The second-order valence-electron chi connectivity index (χ2n) is 8.45. The topological polar surface area (TPSA) is 95.0 Å². The fraction of sp³-hybridized carbons (Fsp3) is 0.321. The van der Waals surface area contributed by atoms with Gasteiger partial charge >= 0.3 is 5.97 Å². The number of Topliss-reactive ketones (excluding diaryl/α,β-unsaturated/α-hetero) is 1. The summed E-state index contributed by atoms with van der Waals surface area (Å²) in [5.41, 5.74) is 0.982. The number of pyridine rings is 1. The minimum atomic E-state index is -0.718. The molecule has 0 fully saturated rings. The van der Waals surface area contributed by atoms with Crippen LogP contribution in [0.5, 0.6) is 17.2 Å². The Morgan fingerprint density at radius 3 is 2.29 bits per heavy atom. The Balaban J connectivity index is 1.64. The van der Waals surface area contributed by atoms with Gasteiger partial charge in [0, 0.05) is 24.6 Å². The van der Waals surface area contributed by atoms with Crippen LogP contribution in [0.4, 0.5) is 0 Å². The van der Waals surface area contributed by atoms with Crippen LogP contribution in [-0.4, -0.2) is 41.7 Å². The maximum absolute atomic E-state index is 12.8. The lowest BCUT2D eigenvalue weighted by molar-refractivity contribution is -0.155. The van der Waals surface area contributed by atoms with Gasteiger partial charge in [-0.25, -0.2) is 4.98 Å². The van der Waals surface area contributed by atoms with Crippen LogP contribution < -0.4 is 9.47 Å². The molecule has 1 aromatic heterocycles. The van der Waals surface area contributed by atoms with E-state index in [1.807, 2.05) is 67.6 Å². The zero-order chi connectivity index (χ0) is 25.2. The molecule has 3 rings (SSSR count). The van der Waals surface area contributed by atoms with Crippen molar-refractivity contribution in [2.45, 2.75) is 32.8 Å². The van der Waals surface area contributed by atoms with Gasteiger partial charge in [0.1, 0.15) is 11.9 Å². The maximum Gasteiger partial charge on any atom is 0.309 e. The summed E-state index contributed by atoms with van der Waals surface area (Å²) in [7, 11) is 1.39. The number of carbonyl (C=O) groups is 2. The first-order valence-corrected chi connectivity index (χ1v) is 11.6. The van der Waals surface area contributed by atoms with Gasteiger partial charge in [0.25, 0.3) is 0 Å². The van der Waals surface area contributed by atoms with Crippen LogP contribution in [0.25, 0.3) is 0 Å². The molecular weight excluding hydrogens is 446 g/mol. The highest BCUT2D eigenvalue weighted by Gasteiger charge is 2.28. The summed E-state index contributed by atoms with van der Waals surface area (Å²) in [5, 5.41) is 10.2. The average Bonchev–Trinajstić information content (AvgIpc) is 2.87. The number of ketones is 1. The normalized spacial score (nSPS) is 13.3. The van der Waals surface area contributed by atoms with Gasteiger partial charge in [0.05, 0.1) is 19.6 Å². The van der Waals surface area contributed by atoms with E-state index in [-0.39, 0.29) is 29.5 Å². The lowest BCUT2D eigenvalue weighted by Gasteiger charge is -2.25. The molecule has 3 atom stereocenters. The molecule has 1 N–H and O–H groups in total. The van der Waals surface area contributed by atoms with E-state index in [1.165, 1.54) is 19.4 Å². The summed E-state index contributed by atoms with van der Waals surface area (Å²) in [4.78, 5) is 29.4. The average molecular weight is 478 g/mol. The third-order valence-electron chi connectivity index (χ3n) is 5.78. The minimum absolute atomic E-state index is 0.103. The van der Waals surface area contributed by atoms with Gasteiger partial charge < -0.3 is 19.3 Å². The number of carbonyl (C=O) groups excluding carboxylic acids is 2. The van der Waals surface area contributed by atoms with E-state index in [0.717, 1.165) is 11.3 Å². The number of hydrogen-bond donors (Lipinski definition) is 1. The molecule has 0 saturated heterocycles. The minimum Gasteiger partial charge on any atom is -0.503 e. The number of rotatable bonds is 12. The fourth-order valence-electron chi connectivity index (χ4n) is 3.66. The Morgan fingerprint density at radius 2 is 1.63 bits per heavy atom. The second kappa shape index (κ2) is 12.6. The Labute approximate surface area is 205 Å². The molecule has 7 nitrogen and oxygen atoms in total. The molecule has 0 aliphatic carbocycles. The molecule has 0 spiro atoms. The molecule has 0 radical (unpaired) electrons. The molecule has 3 aromatic rings. The van der Waals surface area contributed by atoms with Crippen molar-refractivity contribution in [1.82, 2.24) is 4.98 Å². The summed E-state index contributed by atoms with van der Waals surface area (Å²) in [5.74, 6) is -1.23. The van der Waals surface area contributed by atoms with Crippen LogP contribution in [0.2, 0.25) is 0 Å². The Kier molecular flexibility index (Phi) is 9.23. The largest absolute Gasteiger partial charge is 0.503 e. The maximum atomic E-state index is 12.8. The highest BCUT2D eigenvalue weighted by atomic mass is 16.5. The highest BCUT2D eigenvalue weighted by molar-refractivity contribution is 5.99. The molecule has 184 valence electrons. The third kappa shape index (κ3) is 7.30. The number of hydrogen-bond acceptors (Lipinski definition) is 7. The van der Waals surface area contributed by atoms with Crippen LogP contribution in [0.1, 0.15) is 36.3 Å². The Bertz CT molecular complexity index is 1100. The SMILES string of the molecule is COc1ccnc(C(=O)C[C@@H](C)C(=O)O[C@@H](C)[C@@H](COc2ccccc2)Cc2ccccc2)c1O. The van der Waals surface area contributed by atoms with Gasteiger partial charge in [-0.15, -0.1) is 0 Å². The van der Waals surface area contributed by atoms with Crippen molar-refractivity contribution in [2.24, 2.45) is 11.8 Å². The molecule has 0 aliphatic rings. The molecule has 1 heterocycles. The molecule has 2 aromatic carbocycles. The first-order chi connectivity index (χ1) is 16.9. The summed E-state index contributed by atoms with van der Waals surface area (Å²) in [6.07, 6.45) is 1.44. The molecular formula is C28H31NO6. The number of para-hydroxylation sites is 1. The summed E-state index contributed by atoms with van der Waals surface area (Å²) >= 11 is 0. The van der Waals surface area contributed by atoms with E-state index >= 15 is 0 Å². The fourth-order valence-corrected chi connectivity index (χ4v) is 3.66. The standard InChI is InChI=1S/C28H31NO6/c1-19(16-24(30)26-27(31)25(33-3)14-15-29-26)28(32)35-20(2)22(17-21-10-6-4-7-11-21)18-34-23-12-8-5-9-13-23/h4-15,19-20,22,31H,16-18H2,1-3H3/t19-,20+,22-/m1/s1. The van der Waals surface area contributed by atoms with Gasteiger partial charge in [0.15, 0.2) is 23.0 Å². The van der Waals surface area contributed by atoms with Crippen molar-refractivity contribution >= 4 is 11.8 Å². The first kappa shape index (κ1) is 25.7. The summed E-state index contributed by atoms with van der Waals surface area (Å²) in [6, 6.07) is 20.9. The summed E-state index contributed by atoms with van der Waals surface area (Å²) in [6.45, 7) is 3.82. The van der Waals surface area contributed by atoms with Crippen LogP contribution in [0.3, 0.4) is 0 Å². The van der Waals surface area contributed by atoms with Crippen molar-refractivity contribution in [2.75, 3.05) is 13.7 Å². The molecule has 0 unspecified atom stereocenters. The molecule has 0 saturated carbocycles. The van der Waals surface area contributed by atoms with E-state index < -0.39 is 23.8 Å². The second-order valence-corrected chi connectivity index (χ2v) is 8.45. The molecule has 0 bridgehead atoms. The molecule has 7 heteroatoms. The number of aromatic nitrogens is 1. The number of esters is 1. The van der Waals surface area contributed by atoms with Gasteiger partial charge in [-0.05, 0) is 31.0 Å². The molecule has 0 aliphatic heterocycles. The van der Waals surface area contributed by atoms with Crippen LogP contribution >= 0.6 is 0 Å². The summed E-state index contributed by atoms with van der Waals surface area (Å²) < 4.78 is 16.8. The van der Waals surface area contributed by atoms with Crippen molar-refractivity contribution in [3.8, 4) is 17.2 Å². The van der Waals surface area contributed by atoms with Crippen LogP contribution in [0, 0.1) is 11.8 Å². The first-order valence-electron chi connectivity index (χ1n) is 11.6. The number of methoxy groups -OCH3 is 1. The highest BCUT2D eigenvalue weighted by Crippen LogP contribution is 2.29. The smallest absolute Gasteiger partial charge is 0.309 e. The van der Waals surface area contributed by atoms with E-state index in [0.29, 0.717) is 13.0 Å². The predicted octanol–water partition coefficient (Wildman–Crippen LogP) is 4.87. The molecule has 0 amide bonds. The van der Waals surface area contributed by atoms with Crippen molar-refractivity contribution in [3.63, 3.8) is 0 Å². The number of nitrogens with zero attached hydrogens (tertiary/aromatic N) is 1. The van der Waals surface area contributed by atoms with Gasteiger partial charge in [-0.3, -0.25) is 9.59 Å². The van der Waals surface area contributed by atoms with E-state index in [4.69, 9.17) is 14.2 Å².